The van der Waals surface area contributed by atoms with Gasteiger partial charge >= 0.3 is 5.97 Å². The monoisotopic (exact) mass is 991 g/mol. The average Bonchev–Trinajstić information content (AvgIpc) is 3.82. The van der Waals surface area contributed by atoms with Crippen LogP contribution >= 0.6 is 0 Å². The Morgan fingerprint density at radius 1 is 0.657 bits per heavy atom. The van der Waals surface area contributed by atoms with Gasteiger partial charge in [-0.3, -0.25) is 0 Å². The number of aliphatic hydroxyl groups is 8. The fraction of sp³-hybridized carbons (Fsp3) is 0.741. The molecule has 0 spiro atoms. The molecular weight excluding hydrogens is 901 g/mol. The minimum absolute atomic E-state index is 0.139. The number of ether oxygens (including phenoxy) is 2. The van der Waals surface area contributed by atoms with E-state index in [0.29, 0.717) is 61.3 Å². The summed E-state index contributed by atoms with van der Waals surface area (Å²) in [5, 5.41) is 98.8. The van der Waals surface area contributed by atoms with Crippen LogP contribution < -0.4 is 25.2 Å². The summed E-state index contributed by atoms with van der Waals surface area (Å²) >= 11 is 0. The van der Waals surface area contributed by atoms with Crippen LogP contribution in [0.25, 0.3) is 0 Å². The van der Waals surface area contributed by atoms with E-state index >= 15 is 0 Å². The van der Waals surface area contributed by atoms with Gasteiger partial charge < -0.3 is 76.0 Å². The van der Waals surface area contributed by atoms with Crippen molar-refractivity contribution in [3.8, 4) is 11.5 Å². The van der Waals surface area contributed by atoms with Crippen molar-refractivity contribution in [3.05, 3.63) is 58.7 Å². The maximum atomic E-state index is 10.8. The number of aliphatic hydroxyl groups excluding tert-OH is 8. The van der Waals surface area contributed by atoms with Gasteiger partial charge in [-0.05, 0) is 147 Å². The number of hydrogen-bond donors (Lipinski definition) is 11. The quantitative estimate of drug-likeness (QED) is 0.0544. The zero-order chi connectivity index (χ0) is 51.3. The molecule has 2 saturated carbocycles. The summed E-state index contributed by atoms with van der Waals surface area (Å²) in [5.74, 6) is 1.21. The minimum Gasteiger partial charge on any atom is -0.546 e. The van der Waals surface area contributed by atoms with Crippen LogP contribution in [-0.4, -0.2) is 148 Å². The number of nitrogens with one attached hydrogen (secondary N) is 1. The number of fused-ring (bicyclic) bond motifs is 4. The number of carboxylic acids is 2. The lowest BCUT2D eigenvalue weighted by atomic mass is 9.73. The molecule has 4 aliphatic rings. The fourth-order valence-corrected chi connectivity index (χ4v) is 11.1. The SMILES string of the molecule is CCCCC[C@H](O)CC[C@@H]1[C@H]2Cc3cccc(OCC(=O)O)c3C[C@H]2C[C@H]1O.CCCCC[C@H](O)CC[C@@H]1[C@H]2Cc3cccc(OCC(=O)[O-])c3C[C@H]2C[C@H]1O.OCCNCCO.OCC[NH2+]CCO. The van der Waals surface area contributed by atoms with E-state index in [9.17, 15) is 35.1 Å². The third-order valence-electron chi connectivity index (χ3n) is 14.6. The van der Waals surface area contributed by atoms with Crippen LogP contribution in [0, 0.1) is 35.5 Å². The number of hydrogen-bond acceptors (Lipinski definition) is 14. The average molecular weight is 991 g/mol. The zero-order valence-corrected chi connectivity index (χ0v) is 42.2. The molecule has 70 heavy (non-hydrogen) atoms. The van der Waals surface area contributed by atoms with Gasteiger partial charge in [0.1, 0.15) is 18.1 Å². The van der Waals surface area contributed by atoms with Gasteiger partial charge in [-0.25, -0.2) is 4.79 Å². The van der Waals surface area contributed by atoms with E-state index in [1.54, 1.807) is 0 Å². The van der Waals surface area contributed by atoms with Crippen molar-refractivity contribution in [2.45, 2.75) is 154 Å². The van der Waals surface area contributed by atoms with E-state index in [1.165, 1.54) is 11.1 Å². The van der Waals surface area contributed by atoms with Crippen LogP contribution in [0.15, 0.2) is 36.4 Å². The highest BCUT2D eigenvalue weighted by Gasteiger charge is 2.46. The number of unbranched alkanes of at least 4 members (excludes halogenated alkanes) is 4. The molecule has 2 fully saturated rings. The lowest BCUT2D eigenvalue weighted by Gasteiger charge is -2.32. The third kappa shape index (κ3) is 21.3. The Morgan fingerprint density at radius 2 is 1.10 bits per heavy atom. The van der Waals surface area contributed by atoms with E-state index in [1.807, 2.05) is 29.6 Å². The predicted molar refractivity (Wildman–Crippen MR) is 265 cm³/mol. The van der Waals surface area contributed by atoms with Crippen molar-refractivity contribution < 1.29 is 75.4 Å². The second-order valence-electron chi connectivity index (χ2n) is 19.7. The van der Waals surface area contributed by atoms with Crippen LogP contribution in [0.5, 0.6) is 11.5 Å². The van der Waals surface area contributed by atoms with E-state index in [0.717, 1.165) is 127 Å². The van der Waals surface area contributed by atoms with Crippen molar-refractivity contribution in [2.24, 2.45) is 35.5 Å². The molecule has 12 N–H and O–H groups in total. The number of quaternary nitrogens is 1. The summed E-state index contributed by atoms with van der Waals surface area (Å²) in [7, 11) is 0. The number of carbonyl (C=O) groups is 2. The Bertz CT molecular complexity index is 1600. The molecule has 4 aliphatic carbocycles. The summed E-state index contributed by atoms with van der Waals surface area (Å²) in [6, 6.07) is 11.7. The molecule has 0 aliphatic heterocycles. The Balaban J connectivity index is 0.000000291. The van der Waals surface area contributed by atoms with Crippen molar-refractivity contribution in [1.29, 1.82) is 0 Å². The number of benzene rings is 2. The van der Waals surface area contributed by atoms with Crippen LogP contribution in [0.2, 0.25) is 0 Å². The smallest absolute Gasteiger partial charge is 0.341 e. The maximum Gasteiger partial charge on any atom is 0.341 e. The highest BCUT2D eigenvalue weighted by molar-refractivity contribution is 5.68. The molecule has 0 unspecified atom stereocenters. The predicted octanol–water partition coefficient (Wildman–Crippen LogP) is 1.93. The van der Waals surface area contributed by atoms with Gasteiger partial charge in [0.2, 0.25) is 0 Å². The topological polar surface area (TPSA) is 286 Å². The molecule has 10 atom stereocenters. The van der Waals surface area contributed by atoms with Crippen LogP contribution in [-0.2, 0) is 35.3 Å². The largest absolute Gasteiger partial charge is 0.546 e. The van der Waals surface area contributed by atoms with Crippen LogP contribution in [0.3, 0.4) is 0 Å². The van der Waals surface area contributed by atoms with Gasteiger partial charge in [-0.15, -0.1) is 0 Å². The second kappa shape index (κ2) is 34.9. The Hall–Kier alpha value is -3.42. The molecule has 0 aromatic heterocycles. The molecule has 6 rings (SSSR count). The Labute approximate surface area is 416 Å². The van der Waals surface area contributed by atoms with Gasteiger partial charge in [0.15, 0.2) is 6.61 Å². The summed E-state index contributed by atoms with van der Waals surface area (Å²) in [4.78, 5) is 21.6. The van der Waals surface area contributed by atoms with Crippen molar-refractivity contribution in [3.63, 3.8) is 0 Å². The van der Waals surface area contributed by atoms with Crippen molar-refractivity contribution >= 4 is 11.9 Å². The number of carboxylic acid groups (broad SMARTS) is 2. The van der Waals surface area contributed by atoms with Gasteiger partial charge in [-0.1, -0.05) is 76.6 Å². The first-order valence-corrected chi connectivity index (χ1v) is 26.4. The molecule has 0 saturated heterocycles. The minimum atomic E-state index is -1.22. The molecule has 0 bridgehead atoms. The molecule has 0 amide bonds. The molecule has 2 aromatic carbocycles. The first-order chi connectivity index (χ1) is 33.8. The normalized spacial score (nSPS) is 23.6. The van der Waals surface area contributed by atoms with Crippen LogP contribution in [0.4, 0.5) is 0 Å². The molecule has 0 heterocycles. The van der Waals surface area contributed by atoms with Crippen LogP contribution in [0.1, 0.15) is 126 Å². The summed E-state index contributed by atoms with van der Waals surface area (Å²) in [6.07, 6.45) is 15.6. The molecular formula is C54H90N2O14. The van der Waals surface area contributed by atoms with Gasteiger partial charge in [0, 0.05) is 13.1 Å². The first kappa shape index (κ1) is 60.9. The molecule has 16 nitrogen and oxygen atoms in total. The van der Waals surface area contributed by atoms with E-state index in [-0.39, 0.29) is 69.3 Å². The molecule has 0 radical (unpaired) electrons. The number of nitrogens with two attached hydrogens (primary N) is 1. The van der Waals surface area contributed by atoms with Gasteiger partial charge in [0.05, 0.1) is 69.9 Å². The lowest BCUT2D eigenvalue weighted by molar-refractivity contribution is -0.657. The summed E-state index contributed by atoms with van der Waals surface area (Å²) in [5.41, 5.74) is 4.60. The third-order valence-corrected chi connectivity index (χ3v) is 14.6. The Kier molecular flexibility index (Phi) is 30.3. The van der Waals surface area contributed by atoms with Crippen molar-refractivity contribution in [2.75, 3.05) is 65.8 Å². The standard InChI is InChI=1S/2C23H34O5.2C4H11NO2/c2*1-2-3-4-7-17(24)9-10-18-19-11-15-6-5-8-22(28-14-23(26)27)20(15)12-16(19)13-21(18)25;2*6-3-1-5-2-4-7/h2*5-6,8,16-19,21,24-25H,2-4,7,9-14H2,1H3,(H,26,27);2*5-7H,1-4H2/t2*16-,17-,18+,19-,21+;;/m00../s1. The Morgan fingerprint density at radius 3 is 1.49 bits per heavy atom. The molecule has 16 heteroatoms. The number of aliphatic carboxylic acids is 2. The zero-order valence-electron chi connectivity index (χ0n) is 42.2. The molecule has 400 valence electrons. The summed E-state index contributed by atoms with van der Waals surface area (Å²) < 4.78 is 10.9. The first-order valence-electron chi connectivity index (χ1n) is 26.4. The fourth-order valence-electron chi connectivity index (χ4n) is 11.1. The highest BCUT2D eigenvalue weighted by Crippen LogP contribution is 2.50. The number of rotatable bonds is 28. The summed E-state index contributed by atoms with van der Waals surface area (Å²) in [6.45, 7) is 6.76. The second-order valence-corrected chi connectivity index (χ2v) is 19.7. The van der Waals surface area contributed by atoms with E-state index in [2.05, 4.69) is 31.3 Å². The molecule has 2 aromatic rings. The maximum absolute atomic E-state index is 10.8. The van der Waals surface area contributed by atoms with Gasteiger partial charge in [0.25, 0.3) is 0 Å². The van der Waals surface area contributed by atoms with Gasteiger partial charge in [-0.2, -0.15) is 0 Å². The van der Waals surface area contributed by atoms with E-state index in [4.69, 9.17) is 35.0 Å². The lowest BCUT2D eigenvalue weighted by Crippen LogP contribution is -2.85. The highest BCUT2D eigenvalue weighted by atomic mass is 16.5. The van der Waals surface area contributed by atoms with E-state index < -0.39 is 18.5 Å². The van der Waals surface area contributed by atoms with Crippen molar-refractivity contribution in [1.82, 2.24) is 5.32 Å². The number of carbonyl (C=O) groups excluding carboxylic acids is 1.